The second-order valence-corrected chi connectivity index (χ2v) is 13.2. The Kier molecular flexibility index (Phi) is 11.6. The van der Waals surface area contributed by atoms with Gasteiger partial charge in [0.2, 0.25) is 5.78 Å². The van der Waals surface area contributed by atoms with Crippen molar-refractivity contribution < 1.29 is 47.0 Å². The Bertz CT molecular complexity index is 2620. The fourth-order valence-corrected chi connectivity index (χ4v) is 6.00. The number of azo groups is 2. The summed E-state index contributed by atoms with van der Waals surface area (Å²) in [7, 11) is -5.06. The van der Waals surface area contributed by atoms with Crippen molar-refractivity contribution in [2.75, 3.05) is 35.1 Å². The van der Waals surface area contributed by atoms with E-state index in [2.05, 4.69) is 51.8 Å². The van der Waals surface area contributed by atoms with Crippen LogP contribution in [0.2, 0.25) is 0 Å². The number of carboxylic acids is 1. The Labute approximate surface area is 328 Å². The molecular formula is C36H31N11O10S. The number of ether oxygens (including phenoxy) is 2. The van der Waals surface area contributed by atoms with Gasteiger partial charge in [0.25, 0.3) is 22.0 Å². The Hall–Kier alpha value is -7.85. The molecule has 2 aliphatic rings. The number of nitrogens with one attached hydrogen (secondary N) is 3. The number of anilines is 4. The number of fused-ring (bicyclic) bond motifs is 1. The number of Topliss-reactive ketones (excluding diaryl/α,β-unsaturated/α-hetero) is 1. The molecule has 0 unspecified atom stereocenters. The third kappa shape index (κ3) is 8.82. The lowest BCUT2D eigenvalue weighted by molar-refractivity contribution is 0.0693. The van der Waals surface area contributed by atoms with E-state index in [1.54, 1.807) is 13.8 Å². The van der Waals surface area contributed by atoms with Crippen LogP contribution in [0.5, 0.6) is 17.2 Å². The van der Waals surface area contributed by atoms with E-state index in [1.165, 1.54) is 60.7 Å². The minimum absolute atomic E-state index is 0.00207. The predicted molar refractivity (Wildman–Crippen MR) is 213 cm³/mol. The van der Waals surface area contributed by atoms with Crippen molar-refractivity contribution in [3.63, 3.8) is 0 Å². The zero-order valence-corrected chi connectivity index (χ0v) is 31.1. The van der Waals surface area contributed by atoms with Crippen molar-refractivity contribution in [3.8, 4) is 17.2 Å². The highest BCUT2D eigenvalue weighted by Crippen LogP contribution is 2.39. The van der Waals surface area contributed by atoms with Crippen molar-refractivity contribution in [3.05, 3.63) is 93.9 Å². The van der Waals surface area contributed by atoms with Crippen molar-refractivity contribution in [1.29, 1.82) is 0 Å². The summed E-state index contributed by atoms with van der Waals surface area (Å²) in [5.41, 5.74) is 11.5. The number of ketones is 1. The van der Waals surface area contributed by atoms with Gasteiger partial charge in [0.15, 0.2) is 5.71 Å². The third-order valence-electron chi connectivity index (χ3n) is 8.00. The zero-order valence-electron chi connectivity index (χ0n) is 30.2. The van der Waals surface area contributed by atoms with Crippen LogP contribution in [0.1, 0.15) is 50.5 Å². The number of aromatic hydroxyl groups is 1. The van der Waals surface area contributed by atoms with Gasteiger partial charge in [-0.1, -0.05) is 0 Å². The number of benzene rings is 4. The molecule has 0 radical (unpaired) electrons. The summed E-state index contributed by atoms with van der Waals surface area (Å²) in [6.45, 7) is 3.70. The van der Waals surface area contributed by atoms with Gasteiger partial charge in [-0.15, -0.1) is 15.3 Å². The maximum Gasteiger partial charge on any atom is 0.339 e. The number of aliphatic imine (C=N–C) groups is 1. The number of allylic oxidation sites excluding steroid dienone is 1. The summed E-state index contributed by atoms with van der Waals surface area (Å²) < 4.78 is 47.0. The number of hydrazone groups is 2. The van der Waals surface area contributed by atoms with E-state index in [0.717, 1.165) is 18.5 Å². The SMILES string of the molecule is CCOc1cc(NC(=O)c2ccc(N=Nc3ccc(O)c(C(=O)O)c3)cc2)c(OCC)cc1NN=C1C(=O)c2ccc(N)c(NN=C3N=CN=N3)c2C=C1S(=O)(=O)O. The Morgan fingerprint density at radius 3 is 2.21 bits per heavy atom. The number of nitrogens with two attached hydrogens (primary N) is 1. The van der Waals surface area contributed by atoms with Crippen molar-refractivity contribution in [2.24, 2.45) is 35.7 Å². The molecule has 0 spiro atoms. The molecule has 0 atom stereocenters. The van der Waals surface area contributed by atoms with Gasteiger partial charge in [0, 0.05) is 28.8 Å². The number of hydrogen-bond acceptors (Lipinski definition) is 16. The van der Waals surface area contributed by atoms with Crippen LogP contribution >= 0.6 is 0 Å². The highest BCUT2D eigenvalue weighted by molar-refractivity contribution is 7.91. The Morgan fingerprint density at radius 1 is 0.879 bits per heavy atom. The van der Waals surface area contributed by atoms with E-state index in [-0.39, 0.29) is 81.4 Å². The number of carbonyl (C=O) groups is 3. The van der Waals surface area contributed by atoms with E-state index in [1.807, 2.05) is 0 Å². The molecule has 6 rings (SSSR count). The minimum Gasteiger partial charge on any atom is -0.507 e. The molecule has 0 saturated heterocycles. The Morgan fingerprint density at radius 2 is 1.55 bits per heavy atom. The number of carbonyl (C=O) groups excluding carboxylic acids is 2. The number of rotatable bonds is 14. The number of carboxylic acid groups (broad SMARTS) is 1. The van der Waals surface area contributed by atoms with E-state index in [9.17, 15) is 37.6 Å². The lowest BCUT2D eigenvalue weighted by atomic mass is 9.92. The second kappa shape index (κ2) is 16.9. The fourth-order valence-electron chi connectivity index (χ4n) is 5.35. The molecule has 4 aromatic rings. The molecular weight excluding hydrogens is 779 g/mol. The number of hydrogen-bond donors (Lipinski definition) is 7. The molecule has 1 amide bonds. The van der Waals surface area contributed by atoms with Gasteiger partial charge in [-0.3, -0.25) is 25.0 Å². The summed E-state index contributed by atoms with van der Waals surface area (Å²) >= 11 is 0. The van der Waals surface area contributed by atoms with Crippen LogP contribution in [-0.2, 0) is 10.1 Å². The minimum atomic E-state index is -5.06. The topological polar surface area (TPSA) is 313 Å². The molecule has 296 valence electrons. The predicted octanol–water partition coefficient (Wildman–Crippen LogP) is 6.21. The third-order valence-corrected chi connectivity index (χ3v) is 8.87. The van der Waals surface area contributed by atoms with Crippen molar-refractivity contribution >= 4 is 86.0 Å². The smallest absolute Gasteiger partial charge is 0.339 e. The first-order chi connectivity index (χ1) is 27.8. The molecule has 0 bridgehead atoms. The zero-order chi connectivity index (χ0) is 41.6. The number of guanidine groups is 1. The highest BCUT2D eigenvalue weighted by Gasteiger charge is 2.35. The molecule has 8 N–H and O–H groups in total. The monoisotopic (exact) mass is 809 g/mol. The van der Waals surface area contributed by atoms with E-state index >= 15 is 0 Å². The van der Waals surface area contributed by atoms with Crippen molar-refractivity contribution in [1.82, 2.24) is 0 Å². The number of amides is 1. The first kappa shape index (κ1) is 39.8. The van der Waals surface area contributed by atoms with Crippen LogP contribution in [0.25, 0.3) is 6.08 Å². The van der Waals surface area contributed by atoms with Crippen LogP contribution in [0.4, 0.5) is 34.1 Å². The first-order valence-electron chi connectivity index (χ1n) is 16.9. The number of aromatic carboxylic acids is 1. The number of phenols is 1. The summed E-state index contributed by atoms with van der Waals surface area (Å²) in [5, 5.41) is 45.0. The molecule has 0 saturated carbocycles. The molecule has 1 aliphatic heterocycles. The molecule has 58 heavy (non-hydrogen) atoms. The fraction of sp³-hybridized carbons (Fsp3) is 0.111. The van der Waals surface area contributed by atoms with Gasteiger partial charge < -0.3 is 30.7 Å². The average Bonchev–Trinajstić information content (AvgIpc) is 3.71. The van der Waals surface area contributed by atoms with Crippen LogP contribution in [0, 0.1) is 0 Å². The largest absolute Gasteiger partial charge is 0.507 e. The maximum atomic E-state index is 13.8. The van der Waals surface area contributed by atoms with Crippen LogP contribution in [0.15, 0.2) is 107 Å². The Balaban J connectivity index is 1.26. The van der Waals surface area contributed by atoms with Gasteiger partial charge in [0.1, 0.15) is 39.7 Å². The van der Waals surface area contributed by atoms with Gasteiger partial charge in [-0.05, 0) is 74.5 Å². The van der Waals surface area contributed by atoms with Crippen LogP contribution in [-0.4, -0.2) is 72.1 Å². The van der Waals surface area contributed by atoms with E-state index in [4.69, 9.17) is 15.2 Å². The quantitative estimate of drug-likeness (QED) is 0.0323. The normalized spacial score (nSPS) is 14.7. The molecule has 1 aliphatic carbocycles. The number of nitrogens with zero attached hydrogens (tertiary/aromatic N) is 7. The lowest BCUT2D eigenvalue weighted by Gasteiger charge is -2.20. The van der Waals surface area contributed by atoms with Gasteiger partial charge in [-0.25, -0.2) is 4.79 Å². The average molecular weight is 810 g/mol. The lowest BCUT2D eigenvalue weighted by Crippen LogP contribution is -2.27. The van der Waals surface area contributed by atoms with E-state index < -0.39 is 44.1 Å². The van der Waals surface area contributed by atoms with Crippen molar-refractivity contribution in [2.45, 2.75) is 13.8 Å². The van der Waals surface area contributed by atoms with Gasteiger partial charge in [0.05, 0.1) is 41.7 Å². The first-order valence-corrected chi connectivity index (χ1v) is 18.3. The molecule has 21 nitrogen and oxygen atoms in total. The van der Waals surface area contributed by atoms with Gasteiger partial charge >= 0.3 is 5.97 Å². The summed E-state index contributed by atoms with van der Waals surface area (Å²) in [5.74, 6) is -2.98. The standard InChI is InChI=1S/C36H31N11O10S/c1-3-56-28-16-26(43-45-32-30(58(53,54)55)14-22-21(33(32)49)10-11-24(37)31(22)44-47-36-38-17-39-46-36)29(57-4-2)15-25(28)40-34(50)18-5-7-19(8-6-18)41-42-20-9-12-27(48)23(13-20)35(51)52/h5-17,43-44,48H,3-4,37H2,1-2H3,(H,40,50)(H,51,52)(H,53,54,55). The second-order valence-electron chi connectivity index (χ2n) is 11.8. The summed E-state index contributed by atoms with van der Waals surface area (Å²) in [4.78, 5) is 41.4. The molecule has 4 aromatic carbocycles. The molecule has 0 aromatic heterocycles. The molecule has 1 heterocycles. The van der Waals surface area contributed by atoms with Crippen LogP contribution < -0.4 is 31.4 Å². The summed E-state index contributed by atoms with van der Waals surface area (Å²) in [6.07, 6.45) is 2.17. The number of nitrogen functional groups attached to an aromatic ring is 1. The van der Waals surface area contributed by atoms with Gasteiger partial charge in [-0.2, -0.15) is 28.7 Å². The molecule has 0 fully saturated rings. The van der Waals surface area contributed by atoms with Crippen LogP contribution in [0.3, 0.4) is 0 Å². The van der Waals surface area contributed by atoms with E-state index in [0.29, 0.717) is 5.69 Å². The maximum absolute atomic E-state index is 13.8. The highest BCUT2D eigenvalue weighted by atomic mass is 32.2. The summed E-state index contributed by atoms with van der Waals surface area (Å²) in [6, 6.07) is 15.3. The molecule has 22 heteroatoms.